The Morgan fingerprint density at radius 2 is 1.46 bits per heavy atom. The SMILES string of the molecule is C[N+](C)(CC=Cc1ccccc1)Cc1cccc2ccccc12.[Cl-]. The van der Waals surface area contributed by atoms with Gasteiger partial charge in [0.05, 0.1) is 20.6 Å². The molecule has 1 nitrogen and oxygen atoms in total. The Hall–Kier alpha value is -2.09. The zero-order valence-electron chi connectivity index (χ0n) is 14.3. The topological polar surface area (TPSA) is 0 Å². The molecule has 2 heteroatoms. The molecule has 3 aromatic carbocycles. The fraction of sp³-hybridized carbons (Fsp3) is 0.182. The van der Waals surface area contributed by atoms with Crippen LogP contribution in [0.15, 0.2) is 78.9 Å². The third kappa shape index (κ3) is 4.70. The average molecular weight is 338 g/mol. The highest BCUT2D eigenvalue weighted by molar-refractivity contribution is 5.85. The van der Waals surface area contributed by atoms with Gasteiger partial charge in [-0.2, -0.15) is 0 Å². The maximum Gasteiger partial charge on any atom is 0.105 e. The molecule has 0 radical (unpaired) electrons. The molecule has 0 saturated heterocycles. The Morgan fingerprint density at radius 3 is 2.25 bits per heavy atom. The van der Waals surface area contributed by atoms with Crippen LogP contribution in [0.25, 0.3) is 16.8 Å². The van der Waals surface area contributed by atoms with Crippen molar-refractivity contribution in [3.8, 4) is 0 Å². The molecule has 0 heterocycles. The first-order valence-corrected chi connectivity index (χ1v) is 8.14. The minimum absolute atomic E-state index is 0. The maximum absolute atomic E-state index is 2.29. The first kappa shape index (κ1) is 18.3. The van der Waals surface area contributed by atoms with Crippen molar-refractivity contribution in [3.05, 3.63) is 90.0 Å². The standard InChI is InChI=1S/C22H24N.ClH/c1-23(2,17-9-12-19-10-4-3-5-11-19)18-21-15-8-14-20-13-6-7-16-22(20)21;/h3-16H,17-18H2,1-2H3;1H/q+1;/p-1. The molecule has 0 aliphatic rings. The molecule has 0 spiro atoms. The third-order valence-corrected chi connectivity index (χ3v) is 4.19. The van der Waals surface area contributed by atoms with Gasteiger partial charge in [0.1, 0.15) is 6.54 Å². The van der Waals surface area contributed by atoms with Gasteiger partial charge < -0.3 is 16.9 Å². The Morgan fingerprint density at radius 1 is 0.792 bits per heavy atom. The number of rotatable bonds is 5. The highest BCUT2D eigenvalue weighted by Gasteiger charge is 2.15. The number of hydrogen-bond donors (Lipinski definition) is 0. The minimum atomic E-state index is 0. The molecule has 0 atom stereocenters. The molecule has 0 aromatic heterocycles. The number of fused-ring (bicyclic) bond motifs is 1. The van der Waals surface area contributed by atoms with Crippen molar-refractivity contribution in [2.24, 2.45) is 0 Å². The summed E-state index contributed by atoms with van der Waals surface area (Å²) in [6, 6.07) is 25.7. The molecule has 124 valence electrons. The van der Waals surface area contributed by atoms with Gasteiger partial charge in [-0.15, -0.1) is 0 Å². The van der Waals surface area contributed by atoms with Crippen LogP contribution in [0.3, 0.4) is 0 Å². The van der Waals surface area contributed by atoms with Crippen molar-refractivity contribution < 1.29 is 16.9 Å². The smallest absolute Gasteiger partial charge is 0.105 e. The Labute approximate surface area is 151 Å². The summed E-state index contributed by atoms with van der Waals surface area (Å²) in [5, 5.41) is 2.69. The van der Waals surface area contributed by atoms with Gasteiger partial charge in [-0.25, -0.2) is 0 Å². The number of quaternary nitrogens is 1. The minimum Gasteiger partial charge on any atom is -1.00 e. The third-order valence-electron chi connectivity index (χ3n) is 4.19. The Kier molecular flexibility index (Phi) is 6.19. The molecule has 0 fully saturated rings. The van der Waals surface area contributed by atoms with Crippen LogP contribution in [-0.2, 0) is 6.54 Å². The van der Waals surface area contributed by atoms with Gasteiger partial charge in [0.15, 0.2) is 0 Å². The summed E-state index contributed by atoms with van der Waals surface area (Å²) >= 11 is 0. The molecule has 3 rings (SSSR count). The summed E-state index contributed by atoms with van der Waals surface area (Å²) in [6.45, 7) is 2.04. The largest absolute Gasteiger partial charge is 1.00 e. The van der Waals surface area contributed by atoms with Gasteiger partial charge in [0, 0.05) is 5.56 Å². The second kappa shape index (κ2) is 8.14. The lowest BCUT2D eigenvalue weighted by atomic mass is 10.0. The van der Waals surface area contributed by atoms with Gasteiger partial charge in [-0.1, -0.05) is 78.9 Å². The van der Waals surface area contributed by atoms with Crippen molar-refractivity contribution in [1.82, 2.24) is 0 Å². The highest BCUT2D eigenvalue weighted by Crippen LogP contribution is 2.21. The van der Waals surface area contributed by atoms with E-state index in [0.29, 0.717) is 0 Å². The molecular weight excluding hydrogens is 314 g/mol. The molecule has 0 amide bonds. The van der Waals surface area contributed by atoms with Crippen LogP contribution in [-0.4, -0.2) is 25.1 Å². The fourth-order valence-electron chi connectivity index (χ4n) is 2.99. The summed E-state index contributed by atoms with van der Waals surface area (Å²) in [5.74, 6) is 0. The lowest BCUT2D eigenvalue weighted by Gasteiger charge is -2.29. The van der Waals surface area contributed by atoms with E-state index in [0.717, 1.165) is 17.6 Å². The van der Waals surface area contributed by atoms with Crippen molar-refractivity contribution in [3.63, 3.8) is 0 Å². The Balaban J connectivity index is 0.00000208. The Bertz CT molecular complexity index is 801. The number of halogens is 1. The summed E-state index contributed by atoms with van der Waals surface area (Å²) in [6.07, 6.45) is 4.49. The first-order valence-electron chi connectivity index (χ1n) is 8.14. The second-order valence-corrected chi connectivity index (χ2v) is 6.73. The van der Waals surface area contributed by atoms with E-state index in [1.165, 1.54) is 21.9 Å². The van der Waals surface area contributed by atoms with Crippen molar-refractivity contribution in [2.75, 3.05) is 20.6 Å². The van der Waals surface area contributed by atoms with Crippen LogP contribution in [0.5, 0.6) is 0 Å². The lowest BCUT2D eigenvalue weighted by molar-refractivity contribution is -0.897. The van der Waals surface area contributed by atoms with Crippen LogP contribution in [0.1, 0.15) is 11.1 Å². The van der Waals surface area contributed by atoms with Crippen LogP contribution in [0.4, 0.5) is 0 Å². The quantitative estimate of drug-likeness (QED) is 0.626. The van der Waals surface area contributed by atoms with Gasteiger partial charge in [-0.3, -0.25) is 0 Å². The number of nitrogens with zero attached hydrogens (tertiary/aromatic N) is 1. The fourth-order valence-corrected chi connectivity index (χ4v) is 2.99. The van der Waals surface area contributed by atoms with Crippen LogP contribution >= 0.6 is 0 Å². The van der Waals surface area contributed by atoms with Crippen LogP contribution < -0.4 is 12.4 Å². The molecule has 0 unspecified atom stereocenters. The zero-order chi connectivity index (χ0) is 16.1. The molecule has 0 aliphatic carbocycles. The normalized spacial score (nSPS) is 11.6. The number of hydrogen-bond acceptors (Lipinski definition) is 0. The van der Waals surface area contributed by atoms with E-state index in [9.17, 15) is 0 Å². The predicted octanol–water partition coefficient (Wildman–Crippen LogP) is 2.13. The van der Waals surface area contributed by atoms with Crippen LogP contribution in [0.2, 0.25) is 0 Å². The van der Waals surface area contributed by atoms with E-state index in [2.05, 4.69) is 99.0 Å². The first-order chi connectivity index (χ1) is 11.1. The predicted molar refractivity (Wildman–Crippen MR) is 100 cm³/mol. The van der Waals surface area contributed by atoms with Gasteiger partial charge in [0.25, 0.3) is 0 Å². The maximum atomic E-state index is 2.29. The zero-order valence-corrected chi connectivity index (χ0v) is 15.1. The average Bonchev–Trinajstić information content (AvgIpc) is 2.56. The van der Waals surface area contributed by atoms with E-state index in [4.69, 9.17) is 0 Å². The molecule has 24 heavy (non-hydrogen) atoms. The monoisotopic (exact) mass is 337 g/mol. The summed E-state index contributed by atoms with van der Waals surface area (Å²) in [5.41, 5.74) is 2.68. The van der Waals surface area contributed by atoms with E-state index in [1.807, 2.05) is 0 Å². The number of likely N-dealkylation sites (N-methyl/N-ethyl adjacent to an activating group) is 1. The van der Waals surface area contributed by atoms with E-state index in [-0.39, 0.29) is 12.4 Å². The molecule has 3 aromatic rings. The molecule has 0 saturated carbocycles. The lowest BCUT2D eigenvalue weighted by Crippen LogP contribution is -3.00. The van der Waals surface area contributed by atoms with E-state index >= 15 is 0 Å². The molecule has 0 N–H and O–H groups in total. The molecular formula is C22H24ClN. The number of benzene rings is 3. The van der Waals surface area contributed by atoms with Crippen molar-refractivity contribution >= 4 is 16.8 Å². The van der Waals surface area contributed by atoms with Crippen molar-refractivity contribution in [1.29, 1.82) is 0 Å². The second-order valence-electron chi connectivity index (χ2n) is 6.73. The van der Waals surface area contributed by atoms with E-state index in [1.54, 1.807) is 0 Å². The van der Waals surface area contributed by atoms with Crippen LogP contribution in [0, 0.1) is 0 Å². The van der Waals surface area contributed by atoms with Gasteiger partial charge >= 0.3 is 0 Å². The van der Waals surface area contributed by atoms with E-state index < -0.39 is 0 Å². The van der Waals surface area contributed by atoms with Gasteiger partial charge in [-0.05, 0) is 22.4 Å². The summed E-state index contributed by atoms with van der Waals surface area (Å²) in [4.78, 5) is 0. The highest BCUT2D eigenvalue weighted by atomic mass is 35.5. The van der Waals surface area contributed by atoms with Gasteiger partial charge in [0.2, 0.25) is 0 Å². The summed E-state index contributed by atoms with van der Waals surface area (Å²) < 4.78 is 0.942. The molecule has 0 bridgehead atoms. The summed E-state index contributed by atoms with van der Waals surface area (Å²) in [7, 11) is 4.58. The van der Waals surface area contributed by atoms with Crippen molar-refractivity contribution in [2.45, 2.75) is 6.54 Å². The molecule has 0 aliphatic heterocycles.